The normalized spacial score (nSPS) is 11.2. The summed E-state index contributed by atoms with van der Waals surface area (Å²) < 4.78 is 0. The zero-order valence-corrected chi connectivity index (χ0v) is 8.53. The number of rotatable bonds is 3. The van der Waals surface area contributed by atoms with Crippen molar-refractivity contribution in [3.63, 3.8) is 0 Å². The lowest BCUT2D eigenvalue weighted by atomic mass is 10.0. The molecule has 1 aromatic carbocycles. The van der Waals surface area contributed by atoms with Crippen molar-refractivity contribution in [3.05, 3.63) is 42.0 Å². The van der Waals surface area contributed by atoms with Crippen molar-refractivity contribution in [2.75, 3.05) is 0 Å². The molecule has 0 bridgehead atoms. The molecule has 0 aliphatic heterocycles. The van der Waals surface area contributed by atoms with Gasteiger partial charge < -0.3 is 5.32 Å². The van der Waals surface area contributed by atoms with Crippen LogP contribution in [0.2, 0.25) is 0 Å². The Kier molecular flexibility index (Phi) is 3.64. The summed E-state index contributed by atoms with van der Waals surface area (Å²) in [6.45, 7) is 5.04. The van der Waals surface area contributed by atoms with Crippen LogP contribution < -0.4 is 5.32 Å². The maximum atomic E-state index is 10.9. The summed E-state index contributed by atoms with van der Waals surface area (Å²) in [7, 11) is 0. The van der Waals surface area contributed by atoms with Crippen LogP contribution in [0.25, 0.3) is 6.08 Å². The molecule has 1 atom stereocenters. The average Bonchev–Trinajstić information content (AvgIpc) is 2.25. The van der Waals surface area contributed by atoms with E-state index in [0.717, 1.165) is 11.1 Å². The molecule has 15 heavy (non-hydrogen) atoms. The lowest BCUT2D eigenvalue weighted by Crippen LogP contribution is -2.24. The van der Waals surface area contributed by atoms with Crippen LogP contribution in [-0.2, 0) is 4.79 Å². The summed E-state index contributed by atoms with van der Waals surface area (Å²) in [6, 6.07) is 8.79. The Bertz CT molecular complexity index is 418. The third-order valence-electron chi connectivity index (χ3n) is 1.96. The van der Waals surface area contributed by atoms with E-state index in [1.807, 2.05) is 24.3 Å². The smallest absolute Gasteiger partial charge is 0.218 e. The van der Waals surface area contributed by atoms with E-state index in [4.69, 9.17) is 5.26 Å². The highest BCUT2D eigenvalue weighted by atomic mass is 16.1. The molecule has 1 rings (SSSR count). The maximum absolute atomic E-state index is 10.9. The van der Waals surface area contributed by atoms with Crippen LogP contribution in [0.4, 0.5) is 0 Å². The van der Waals surface area contributed by atoms with Crippen LogP contribution in [0.3, 0.4) is 0 Å². The van der Waals surface area contributed by atoms with E-state index in [2.05, 4.69) is 11.9 Å². The number of hydrogen-bond acceptors (Lipinski definition) is 2. The minimum Gasteiger partial charge on any atom is -0.337 e. The van der Waals surface area contributed by atoms with E-state index in [9.17, 15) is 4.79 Å². The minimum absolute atomic E-state index is 0.217. The van der Waals surface area contributed by atoms with Crippen molar-refractivity contribution in [1.82, 2.24) is 5.32 Å². The van der Waals surface area contributed by atoms with Gasteiger partial charge in [0.25, 0.3) is 0 Å². The van der Waals surface area contributed by atoms with Crippen LogP contribution in [0.5, 0.6) is 0 Å². The number of hydrogen-bond donors (Lipinski definition) is 1. The highest BCUT2D eigenvalue weighted by molar-refractivity contribution is 5.74. The number of benzene rings is 1. The van der Waals surface area contributed by atoms with Gasteiger partial charge in [0.2, 0.25) is 5.91 Å². The fourth-order valence-electron chi connectivity index (χ4n) is 1.26. The number of nitrogens with one attached hydrogen (secondary N) is 1. The van der Waals surface area contributed by atoms with Crippen molar-refractivity contribution < 1.29 is 4.79 Å². The molecule has 0 radical (unpaired) electrons. The molecule has 3 nitrogen and oxygen atoms in total. The molecular weight excluding hydrogens is 188 g/mol. The third kappa shape index (κ3) is 2.96. The number of nitriles is 1. The van der Waals surface area contributed by atoms with Gasteiger partial charge in [-0.25, -0.2) is 0 Å². The van der Waals surface area contributed by atoms with Gasteiger partial charge in [-0.3, -0.25) is 4.79 Å². The number of carbonyl (C=O) groups excluding carboxylic acids is 1. The molecule has 1 unspecified atom stereocenters. The standard InChI is InChI=1S/C12H12N2O/c1-3-10-5-4-6-11(7-10)12(8-13)14-9(2)15/h3-7,12H,1H2,2H3,(H,14,15). The molecule has 0 spiro atoms. The second kappa shape index (κ2) is 4.97. The highest BCUT2D eigenvalue weighted by Crippen LogP contribution is 2.14. The molecule has 1 aromatic rings. The van der Waals surface area contributed by atoms with E-state index in [1.54, 1.807) is 12.1 Å². The summed E-state index contributed by atoms with van der Waals surface area (Å²) >= 11 is 0. The predicted octanol–water partition coefficient (Wildman–Crippen LogP) is 2.03. The second-order valence-corrected chi connectivity index (χ2v) is 3.14. The average molecular weight is 200 g/mol. The van der Waals surface area contributed by atoms with Crippen LogP contribution in [0.1, 0.15) is 24.1 Å². The van der Waals surface area contributed by atoms with E-state index in [0.29, 0.717) is 0 Å². The van der Waals surface area contributed by atoms with Crippen LogP contribution in [0.15, 0.2) is 30.8 Å². The van der Waals surface area contributed by atoms with Gasteiger partial charge in [-0.1, -0.05) is 30.9 Å². The van der Waals surface area contributed by atoms with Gasteiger partial charge in [-0.2, -0.15) is 5.26 Å². The molecule has 0 saturated carbocycles. The molecule has 1 amide bonds. The summed E-state index contributed by atoms with van der Waals surface area (Å²) in [4.78, 5) is 10.9. The Morgan fingerprint density at radius 1 is 1.67 bits per heavy atom. The first-order valence-electron chi connectivity index (χ1n) is 4.56. The molecule has 0 aromatic heterocycles. The fourth-order valence-corrected chi connectivity index (χ4v) is 1.26. The molecular formula is C12H12N2O. The first-order valence-corrected chi connectivity index (χ1v) is 4.56. The van der Waals surface area contributed by atoms with Crippen molar-refractivity contribution in [1.29, 1.82) is 5.26 Å². The summed E-state index contributed by atoms with van der Waals surface area (Å²) in [5, 5.41) is 11.5. The summed E-state index contributed by atoms with van der Waals surface area (Å²) in [5.41, 5.74) is 1.70. The molecule has 3 heteroatoms. The first kappa shape index (κ1) is 11.0. The van der Waals surface area contributed by atoms with Gasteiger partial charge in [0, 0.05) is 6.92 Å². The van der Waals surface area contributed by atoms with E-state index in [-0.39, 0.29) is 5.91 Å². The van der Waals surface area contributed by atoms with Crippen molar-refractivity contribution >= 4 is 12.0 Å². The topological polar surface area (TPSA) is 52.9 Å². The van der Waals surface area contributed by atoms with Crippen molar-refractivity contribution in [2.24, 2.45) is 0 Å². The fraction of sp³-hybridized carbons (Fsp3) is 0.167. The Balaban J connectivity index is 2.97. The second-order valence-electron chi connectivity index (χ2n) is 3.14. The number of amides is 1. The minimum atomic E-state index is -0.595. The zero-order chi connectivity index (χ0) is 11.3. The highest BCUT2D eigenvalue weighted by Gasteiger charge is 2.10. The molecule has 0 heterocycles. The largest absolute Gasteiger partial charge is 0.337 e. The quantitative estimate of drug-likeness (QED) is 0.811. The van der Waals surface area contributed by atoms with Gasteiger partial charge in [0.1, 0.15) is 6.04 Å². The lowest BCUT2D eigenvalue weighted by Gasteiger charge is -2.10. The Hall–Kier alpha value is -2.08. The molecule has 76 valence electrons. The van der Waals surface area contributed by atoms with Gasteiger partial charge in [0.05, 0.1) is 6.07 Å². The van der Waals surface area contributed by atoms with E-state index < -0.39 is 6.04 Å². The van der Waals surface area contributed by atoms with Gasteiger partial charge in [0.15, 0.2) is 0 Å². The Morgan fingerprint density at radius 2 is 2.40 bits per heavy atom. The van der Waals surface area contributed by atoms with Crippen LogP contribution in [0, 0.1) is 11.3 Å². The number of carbonyl (C=O) groups is 1. The van der Waals surface area contributed by atoms with E-state index >= 15 is 0 Å². The summed E-state index contributed by atoms with van der Waals surface area (Å²) in [5.74, 6) is -0.217. The van der Waals surface area contributed by atoms with Gasteiger partial charge in [-0.05, 0) is 17.2 Å². The van der Waals surface area contributed by atoms with Crippen molar-refractivity contribution in [2.45, 2.75) is 13.0 Å². The van der Waals surface area contributed by atoms with Gasteiger partial charge >= 0.3 is 0 Å². The lowest BCUT2D eigenvalue weighted by molar-refractivity contribution is -0.119. The van der Waals surface area contributed by atoms with E-state index in [1.165, 1.54) is 6.92 Å². The summed E-state index contributed by atoms with van der Waals surface area (Å²) in [6.07, 6.45) is 1.70. The van der Waals surface area contributed by atoms with Gasteiger partial charge in [-0.15, -0.1) is 0 Å². The molecule has 0 fully saturated rings. The van der Waals surface area contributed by atoms with Crippen LogP contribution >= 0.6 is 0 Å². The Labute approximate surface area is 89.0 Å². The first-order chi connectivity index (χ1) is 7.17. The maximum Gasteiger partial charge on any atom is 0.218 e. The monoisotopic (exact) mass is 200 g/mol. The Morgan fingerprint density at radius 3 is 2.93 bits per heavy atom. The molecule has 0 aliphatic rings. The third-order valence-corrected chi connectivity index (χ3v) is 1.96. The predicted molar refractivity (Wildman–Crippen MR) is 58.7 cm³/mol. The molecule has 1 N–H and O–H groups in total. The molecule has 0 aliphatic carbocycles. The van der Waals surface area contributed by atoms with Crippen molar-refractivity contribution in [3.8, 4) is 6.07 Å². The van der Waals surface area contributed by atoms with Crippen LogP contribution in [-0.4, -0.2) is 5.91 Å². The zero-order valence-electron chi connectivity index (χ0n) is 8.53. The molecule has 0 saturated heterocycles. The SMILES string of the molecule is C=Cc1cccc(C(C#N)NC(C)=O)c1. The number of nitrogens with zero attached hydrogens (tertiary/aromatic N) is 1.